The standard InChI is InChI=1S/C25H36N2O3S.Na/c1-2-3-4-5-6-7-8-9-13-19-24-26-25-22(17-14-18-23(25)31(28,29)30)27(24)20-21-15-11-10-12-16-21;/h10-12,14-18,24,26H,2-9,13,19-20H2,1H3,(H,28,29,30);/q;+1/p-1. The second kappa shape index (κ2) is 13.6. The number of benzene rings is 2. The fourth-order valence-corrected chi connectivity index (χ4v) is 5.04. The number of rotatable bonds is 13. The summed E-state index contributed by atoms with van der Waals surface area (Å²) in [4.78, 5) is 2.04. The fourth-order valence-electron chi connectivity index (χ4n) is 4.38. The maximum Gasteiger partial charge on any atom is 1.00 e. The molecule has 1 unspecified atom stereocenters. The van der Waals surface area contributed by atoms with E-state index in [9.17, 15) is 13.0 Å². The van der Waals surface area contributed by atoms with Crippen LogP contribution < -0.4 is 39.8 Å². The van der Waals surface area contributed by atoms with E-state index in [1.807, 2.05) is 24.3 Å². The van der Waals surface area contributed by atoms with Gasteiger partial charge in [-0.05, 0) is 30.5 Å². The number of para-hydroxylation sites is 1. The fraction of sp³-hybridized carbons (Fsp3) is 0.520. The Bertz CT molecular complexity index is 922. The van der Waals surface area contributed by atoms with Crippen LogP contribution in [-0.4, -0.2) is 19.1 Å². The third-order valence-electron chi connectivity index (χ3n) is 6.05. The zero-order chi connectivity index (χ0) is 22.1. The zero-order valence-corrected chi connectivity index (χ0v) is 22.4. The molecule has 0 aromatic heterocycles. The van der Waals surface area contributed by atoms with Gasteiger partial charge in [-0.25, -0.2) is 8.42 Å². The van der Waals surface area contributed by atoms with Crippen molar-refractivity contribution in [1.82, 2.24) is 0 Å². The second-order valence-corrected chi connectivity index (χ2v) is 9.84. The average Bonchev–Trinajstić information content (AvgIpc) is 3.10. The molecule has 0 spiro atoms. The Kier molecular flexibility index (Phi) is 11.6. The number of nitrogens with zero attached hydrogens (tertiary/aromatic N) is 1. The van der Waals surface area contributed by atoms with Gasteiger partial charge >= 0.3 is 29.6 Å². The first-order chi connectivity index (χ1) is 15.0. The minimum atomic E-state index is -4.53. The molecule has 3 rings (SSSR count). The largest absolute Gasteiger partial charge is 1.00 e. The maximum absolute atomic E-state index is 11.8. The summed E-state index contributed by atoms with van der Waals surface area (Å²) < 4.78 is 35.3. The molecule has 1 atom stereocenters. The van der Waals surface area contributed by atoms with E-state index in [2.05, 4.69) is 29.3 Å². The number of hydrogen-bond donors (Lipinski definition) is 1. The van der Waals surface area contributed by atoms with Crippen LogP contribution in [0.3, 0.4) is 0 Å². The van der Waals surface area contributed by atoms with Crippen LogP contribution in [0.25, 0.3) is 0 Å². The Balaban J connectivity index is 0.00000363. The molecule has 1 heterocycles. The third-order valence-corrected chi connectivity index (χ3v) is 6.93. The van der Waals surface area contributed by atoms with Crippen LogP contribution in [0, 0.1) is 0 Å². The van der Waals surface area contributed by atoms with Gasteiger partial charge in [0.05, 0.1) is 22.4 Å². The smallest absolute Gasteiger partial charge is 0.744 e. The molecule has 2 aromatic carbocycles. The number of anilines is 2. The van der Waals surface area contributed by atoms with Crippen LogP contribution in [0.4, 0.5) is 11.4 Å². The van der Waals surface area contributed by atoms with Crippen molar-refractivity contribution in [3.05, 3.63) is 54.1 Å². The van der Waals surface area contributed by atoms with E-state index in [0.29, 0.717) is 12.2 Å². The monoisotopic (exact) mass is 466 g/mol. The Morgan fingerprint density at radius 3 is 2.12 bits per heavy atom. The Morgan fingerprint density at radius 2 is 1.50 bits per heavy atom. The summed E-state index contributed by atoms with van der Waals surface area (Å²) in [6.45, 7) is 2.91. The van der Waals surface area contributed by atoms with Gasteiger partial charge in [-0.3, -0.25) is 0 Å². The molecule has 7 heteroatoms. The molecular formula is C25H35N2NaO3S. The van der Waals surface area contributed by atoms with Crippen LogP contribution in [0.1, 0.15) is 76.7 Å². The summed E-state index contributed by atoms with van der Waals surface area (Å²) in [7, 11) is -4.53. The molecule has 0 bridgehead atoms. The SMILES string of the molecule is CCCCCCCCCCCC1Nc2c(cccc2S(=O)(=O)[O-])N1Cc1ccccc1.[Na+]. The average molecular weight is 467 g/mol. The van der Waals surface area contributed by atoms with Gasteiger partial charge in [-0.15, -0.1) is 0 Å². The summed E-state index contributed by atoms with van der Waals surface area (Å²) in [5, 5.41) is 3.35. The van der Waals surface area contributed by atoms with Crippen LogP contribution in [-0.2, 0) is 16.7 Å². The molecule has 0 aliphatic carbocycles. The Hall–Kier alpha value is -1.05. The van der Waals surface area contributed by atoms with Gasteiger partial charge in [0.15, 0.2) is 0 Å². The van der Waals surface area contributed by atoms with Crippen LogP contribution in [0.15, 0.2) is 53.4 Å². The maximum atomic E-state index is 11.8. The topological polar surface area (TPSA) is 72.5 Å². The summed E-state index contributed by atoms with van der Waals surface area (Å²) in [6, 6.07) is 15.1. The quantitative estimate of drug-likeness (QED) is 0.279. The van der Waals surface area contributed by atoms with Gasteiger partial charge in [0, 0.05) is 6.54 Å². The van der Waals surface area contributed by atoms with Crippen molar-refractivity contribution in [3.8, 4) is 0 Å². The number of hydrogen-bond acceptors (Lipinski definition) is 5. The molecule has 0 fully saturated rings. The van der Waals surface area contributed by atoms with E-state index in [-0.39, 0.29) is 40.6 Å². The van der Waals surface area contributed by atoms with E-state index < -0.39 is 10.1 Å². The molecule has 0 amide bonds. The van der Waals surface area contributed by atoms with E-state index in [4.69, 9.17) is 0 Å². The van der Waals surface area contributed by atoms with Crippen LogP contribution >= 0.6 is 0 Å². The number of nitrogens with one attached hydrogen (secondary N) is 1. The van der Waals surface area contributed by atoms with Crippen LogP contribution in [0.5, 0.6) is 0 Å². The molecule has 32 heavy (non-hydrogen) atoms. The molecular weight excluding hydrogens is 431 g/mol. The molecule has 170 valence electrons. The van der Waals surface area contributed by atoms with E-state index in [1.165, 1.54) is 57.4 Å². The predicted octanol–water partition coefficient (Wildman–Crippen LogP) is 3.27. The normalized spacial score (nSPS) is 15.2. The van der Waals surface area contributed by atoms with E-state index in [1.54, 1.807) is 6.07 Å². The van der Waals surface area contributed by atoms with Gasteiger partial charge in [0.1, 0.15) is 10.1 Å². The second-order valence-electron chi connectivity index (χ2n) is 8.50. The first-order valence-electron chi connectivity index (χ1n) is 11.7. The van der Waals surface area contributed by atoms with E-state index in [0.717, 1.165) is 24.1 Å². The van der Waals surface area contributed by atoms with Crippen molar-refractivity contribution in [2.45, 2.75) is 88.7 Å². The van der Waals surface area contributed by atoms with Gasteiger partial charge in [0.2, 0.25) is 0 Å². The van der Waals surface area contributed by atoms with E-state index >= 15 is 0 Å². The molecule has 2 aromatic rings. The molecule has 1 N–H and O–H groups in total. The Labute approximate surface area is 216 Å². The first kappa shape index (κ1) is 27.2. The summed E-state index contributed by atoms with van der Waals surface area (Å²) in [6.07, 6.45) is 12.3. The predicted molar refractivity (Wildman–Crippen MR) is 126 cm³/mol. The first-order valence-corrected chi connectivity index (χ1v) is 13.1. The molecule has 1 aliphatic rings. The molecule has 0 radical (unpaired) electrons. The van der Waals surface area contributed by atoms with Crippen molar-refractivity contribution < 1.29 is 42.5 Å². The van der Waals surface area contributed by atoms with Gasteiger partial charge in [-0.1, -0.05) is 94.7 Å². The van der Waals surface area contributed by atoms with Crippen molar-refractivity contribution in [3.63, 3.8) is 0 Å². The minimum Gasteiger partial charge on any atom is -0.744 e. The van der Waals surface area contributed by atoms with Gasteiger partial charge in [0.25, 0.3) is 0 Å². The number of unbranched alkanes of at least 4 members (excludes halogenated alkanes) is 8. The summed E-state index contributed by atoms with van der Waals surface area (Å²) >= 11 is 0. The Morgan fingerprint density at radius 1 is 0.875 bits per heavy atom. The summed E-state index contributed by atoms with van der Waals surface area (Å²) in [5.41, 5.74) is 2.40. The summed E-state index contributed by atoms with van der Waals surface area (Å²) in [5.74, 6) is 0. The third kappa shape index (κ3) is 7.77. The van der Waals surface area contributed by atoms with Crippen molar-refractivity contribution in [1.29, 1.82) is 0 Å². The molecule has 0 saturated heterocycles. The van der Waals surface area contributed by atoms with Crippen LogP contribution in [0.2, 0.25) is 0 Å². The molecule has 5 nitrogen and oxygen atoms in total. The number of fused-ring (bicyclic) bond motifs is 1. The van der Waals surface area contributed by atoms with Crippen molar-refractivity contribution in [2.75, 3.05) is 10.2 Å². The minimum absolute atomic E-state index is 0. The molecule has 0 saturated carbocycles. The van der Waals surface area contributed by atoms with Crippen molar-refractivity contribution in [2.24, 2.45) is 0 Å². The zero-order valence-electron chi connectivity index (χ0n) is 19.6. The van der Waals surface area contributed by atoms with Crippen molar-refractivity contribution >= 4 is 21.5 Å². The van der Waals surface area contributed by atoms with Gasteiger partial charge < -0.3 is 14.8 Å². The molecule has 1 aliphatic heterocycles. The van der Waals surface area contributed by atoms with Gasteiger partial charge in [-0.2, -0.15) is 0 Å².